The Morgan fingerprint density at radius 2 is 2.05 bits per heavy atom. The quantitative estimate of drug-likeness (QED) is 0.820. The summed E-state index contributed by atoms with van der Waals surface area (Å²) in [5.41, 5.74) is 0. The van der Waals surface area contributed by atoms with Crippen LogP contribution in [0.25, 0.3) is 0 Å². The Bertz CT molecular complexity index is 601. The molecule has 6 nitrogen and oxygen atoms in total. The van der Waals surface area contributed by atoms with Gasteiger partial charge in [0, 0.05) is 24.7 Å². The summed E-state index contributed by atoms with van der Waals surface area (Å²) in [6, 6.07) is 0. The number of carbonyl (C=O) groups is 1. The first-order valence-electron chi connectivity index (χ1n) is 5.93. The van der Waals surface area contributed by atoms with Crippen molar-refractivity contribution in [1.82, 2.24) is 9.29 Å². The van der Waals surface area contributed by atoms with Crippen LogP contribution in [0.5, 0.6) is 0 Å². The smallest absolute Gasteiger partial charge is 0.286 e. The first-order chi connectivity index (χ1) is 9.69. The number of alkyl halides is 3. The standard InChI is InChI=1S/C10H12F3N3O3S2/c11-10(12,13)1-6-21(18,19)15-3-4-16(8(17)7-15)9-14-2-5-20-9/h2,5H,1,3-4,6-7H2. The molecule has 118 valence electrons. The molecule has 0 N–H and O–H groups in total. The molecule has 0 aromatic carbocycles. The number of thiazole rings is 1. The van der Waals surface area contributed by atoms with Crippen LogP contribution in [0.2, 0.25) is 0 Å². The van der Waals surface area contributed by atoms with Gasteiger partial charge in [0.25, 0.3) is 0 Å². The first kappa shape index (κ1) is 16.2. The minimum Gasteiger partial charge on any atom is -0.286 e. The molecule has 1 aromatic rings. The summed E-state index contributed by atoms with van der Waals surface area (Å²) < 4.78 is 60.8. The number of rotatable bonds is 4. The maximum atomic E-state index is 12.1. The lowest BCUT2D eigenvalue weighted by Crippen LogP contribution is -2.53. The second-order valence-electron chi connectivity index (χ2n) is 4.37. The van der Waals surface area contributed by atoms with Gasteiger partial charge in [-0.25, -0.2) is 13.4 Å². The Morgan fingerprint density at radius 1 is 1.33 bits per heavy atom. The third kappa shape index (κ3) is 4.14. The molecule has 0 unspecified atom stereocenters. The van der Waals surface area contributed by atoms with Crippen LogP contribution in [0.1, 0.15) is 6.42 Å². The Morgan fingerprint density at radius 3 is 2.57 bits per heavy atom. The van der Waals surface area contributed by atoms with E-state index < -0.39 is 40.8 Å². The van der Waals surface area contributed by atoms with Gasteiger partial charge in [0.05, 0.1) is 18.7 Å². The highest BCUT2D eigenvalue weighted by Crippen LogP contribution is 2.23. The monoisotopic (exact) mass is 343 g/mol. The molecule has 1 aromatic heterocycles. The summed E-state index contributed by atoms with van der Waals surface area (Å²) in [6.45, 7) is -0.414. The van der Waals surface area contributed by atoms with E-state index >= 15 is 0 Å². The Balaban J connectivity index is 2.00. The third-order valence-electron chi connectivity index (χ3n) is 2.87. The van der Waals surface area contributed by atoms with Gasteiger partial charge in [0.1, 0.15) is 0 Å². The molecule has 11 heteroatoms. The van der Waals surface area contributed by atoms with Crippen molar-refractivity contribution < 1.29 is 26.4 Å². The van der Waals surface area contributed by atoms with Crippen LogP contribution in [-0.4, -0.2) is 55.2 Å². The molecule has 0 bridgehead atoms. The van der Waals surface area contributed by atoms with Crippen LogP contribution < -0.4 is 4.90 Å². The van der Waals surface area contributed by atoms with Crippen LogP contribution in [-0.2, 0) is 14.8 Å². The molecule has 1 aliphatic heterocycles. The largest absolute Gasteiger partial charge is 0.390 e. The van der Waals surface area contributed by atoms with E-state index in [0.717, 1.165) is 4.31 Å². The zero-order chi connectivity index (χ0) is 15.7. The van der Waals surface area contributed by atoms with Crippen LogP contribution in [0.15, 0.2) is 11.6 Å². The van der Waals surface area contributed by atoms with Crippen molar-refractivity contribution in [2.24, 2.45) is 0 Å². The van der Waals surface area contributed by atoms with Crippen LogP contribution >= 0.6 is 11.3 Å². The van der Waals surface area contributed by atoms with Crippen molar-refractivity contribution in [1.29, 1.82) is 0 Å². The minimum absolute atomic E-state index is 0.0362. The summed E-state index contributed by atoms with van der Waals surface area (Å²) in [4.78, 5) is 17.2. The lowest BCUT2D eigenvalue weighted by molar-refractivity contribution is -0.130. The van der Waals surface area contributed by atoms with Crippen LogP contribution in [0, 0.1) is 0 Å². The molecule has 0 aliphatic carbocycles. The number of piperazine rings is 1. The second-order valence-corrected chi connectivity index (χ2v) is 7.34. The molecule has 0 atom stereocenters. The summed E-state index contributed by atoms with van der Waals surface area (Å²) >= 11 is 1.23. The van der Waals surface area contributed by atoms with E-state index in [0.29, 0.717) is 5.13 Å². The van der Waals surface area contributed by atoms with Crippen molar-refractivity contribution >= 4 is 32.4 Å². The zero-order valence-corrected chi connectivity index (χ0v) is 12.3. The lowest BCUT2D eigenvalue weighted by Gasteiger charge is -2.32. The predicted octanol–water partition coefficient (Wildman–Crippen LogP) is 1.07. The second kappa shape index (κ2) is 5.89. The highest BCUT2D eigenvalue weighted by atomic mass is 32.2. The summed E-state index contributed by atoms with van der Waals surface area (Å²) in [5.74, 6) is -1.53. The highest BCUT2D eigenvalue weighted by Gasteiger charge is 2.36. The summed E-state index contributed by atoms with van der Waals surface area (Å²) in [5, 5.41) is 2.13. The first-order valence-corrected chi connectivity index (χ1v) is 8.42. The number of hydrogen-bond acceptors (Lipinski definition) is 5. The fraction of sp³-hybridized carbons (Fsp3) is 0.600. The van der Waals surface area contributed by atoms with Gasteiger partial charge < -0.3 is 0 Å². The number of halogens is 3. The van der Waals surface area contributed by atoms with E-state index in [1.165, 1.54) is 22.4 Å². The molecule has 1 fully saturated rings. The molecular weight excluding hydrogens is 331 g/mol. The fourth-order valence-electron chi connectivity index (χ4n) is 1.81. The maximum Gasteiger partial charge on any atom is 0.390 e. The zero-order valence-electron chi connectivity index (χ0n) is 10.7. The number of hydrogen-bond donors (Lipinski definition) is 0. The number of aromatic nitrogens is 1. The number of anilines is 1. The fourth-order valence-corrected chi connectivity index (χ4v) is 3.91. The van der Waals surface area contributed by atoms with Crippen molar-refractivity contribution in [3.63, 3.8) is 0 Å². The van der Waals surface area contributed by atoms with E-state index in [9.17, 15) is 26.4 Å². The van der Waals surface area contributed by atoms with E-state index in [1.54, 1.807) is 5.38 Å². The van der Waals surface area contributed by atoms with Crippen molar-refractivity contribution in [2.75, 3.05) is 30.3 Å². The van der Waals surface area contributed by atoms with Crippen molar-refractivity contribution in [3.8, 4) is 0 Å². The van der Waals surface area contributed by atoms with E-state index in [-0.39, 0.29) is 13.1 Å². The topological polar surface area (TPSA) is 70.6 Å². The number of nitrogens with zero attached hydrogens (tertiary/aromatic N) is 3. The molecule has 2 heterocycles. The average molecular weight is 343 g/mol. The molecule has 1 aliphatic rings. The average Bonchev–Trinajstić information content (AvgIpc) is 2.89. The summed E-state index contributed by atoms with van der Waals surface area (Å²) in [6.07, 6.45) is -4.45. The number of amides is 1. The highest BCUT2D eigenvalue weighted by molar-refractivity contribution is 7.89. The molecule has 1 amide bonds. The molecule has 2 rings (SSSR count). The van der Waals surface area contributed by atoms with Gasteiger partial charge in [-0.05, 0) is 0 Å². The Hall–Kier alpha value is -1.20. The normalized spacial score (nSPS) is 18.2. The van der Waals surface area contributed by atoms with Gasteiger partial charge >= 0.3 is 6.18 Å². The van der Waals surface area contributed by atoms with E-state index in [4.69, 9.17) is 0 Å². The SMILES string of the molecule is O=C1CN(S(=O)(=O)CCC(F)(F)F)CCN1c1nccs1. The molecule has 1 saturated heterocycles. The Labute approximate surface area is 123 Å². The van der Waals surface area contributed by atoms with Crippen LogP contribution in [0.3, 0.4) is 0 Å². The van der Waals surface area contributed by atoms with Crippen molar-refractivity contribution in [3.05, 3.63) is 11.6 Å². The van der Waals surface area contributed by atoms with E-state index in [1.807, 2.05) is 0 Å². The summed E-state index contributed by atoms with van der Waals surface area (Å²) in [7, 11) is -4.09. The predicted molar refractivity (Wildman–Crippen MR) is 70.5 cm³/mol. The Kier molecular flexibility index (Phi) is 4.54. The van der Waals surface area contributed by atoms with Gasteiger partial charge in [-0.3, -0.25) is 9.69 Å². The van der Waals surface area contributed by atoms with Gasteiger partial charge in [0.15, 0.2) is 5.13 Å². The van der Waals surface area contributed by atoms with E-state index in [2.05, 4.69) is 4.98 Å². The third-order valence-corrected chi connectivity index (χ3v) is 5.49. The maximum absolute atomic E-state index is 12.1. The van der Waals surface area contributed by atoms with Crippen LogP contribution in [0.4, 0.5) is 18.3 Å². The molecule has 0 radical (unpaired) electrons. The molecule has 0 spiro atoms. The molecular formula is C10H12F3N3O3S2. The minimum atomic E-state index is -4.54. The van der Waals surface area contributed by atoms with Gasteiger partial charge in [0.2, 0.25) is 15.9 Å². The number of carbonyl (C=O) groups excluding carboxylic acids is 1. The van der Waals surface area contributed by atoms with Gasteiger partial charge in [-0.2, -0.15) is 17.5 Å². The van der Waals surface area contributed by atoms with Gasteiger partial charge in [-0.1, -0.05) is 0 Å². The lowest BCUT2D eigenvalue weighted by atomic mass is 10.4. The molecule has 0 saturated carbocycles. The molecule has 21 heavy (non-hydrogen) atoms. The van der Waals surface area contributed by atoms with Crippen molar-refractivity contribution in [2.45, 2.75) is 12.6 Å². The number of sulfonamides is 1. The van der Waals surface area contributed by atoms with Gasteiger partial charge in [-0.15, -0.1) is 11.3 Å².